The largest absolute Gasteiger partial charge is 0.490 e. The Hall–Kier alpha value is -4.88. The van der Waals surface area contributed by atoms with Crippen LogP contribution in [0, 0.1) is 6.92 Å². The molecular weight excluding hydrogens is 637 g/mol. The summed E-state index contributed by atoms with van der Waals surface area (Å²) in [4.78, 5) is 36.9. The monoisotopic (exact) mass is 670 g/mol. The Morgan fingerprint density at radius 3 is 2.15 bits per heavy atom. The molecular formula is C33H34ClF3N6O4. The zero-order chi connectivity index (χ0) is 34.3. The number of hydrogen-bond donors (Lipinski definition) is 4. The number of alkyl halides is 3. The van der Waals surface area contributed by atoms with Gasteiger partial charge in [0.2, 0.25) is 0 Å². The average molecular weight is 671 g/mol. The van der Waals surface area contributed by atoms with Crippen molar-refractivity contribution in [1.29, 1.82) is 0 Å². The molecule has 0 bridgehead atoms. The van der Waals surface area contributed by atoms with Crippen LogP contribution in [-0.2, 0) is 11.3 Å². The number of piperazine rings is 1. The van der Waals surface area contributed by atoms with Crippen molar-refractivity contribution in [3.63, 3.8) is 0 Å². The number of benzene rings is 3. The van der Waals surface area contributed by atoms with Crippen LogP contribution < -0.4 is 26.4 Å². The molecule has 2 atom stereocenters. The average Bonchev–Trinajstić information content (AvgIpc) is 3.01. The number of amides is 2. The van der Waals surface area contributed by atoms with Crippen molar-refractivity contribution in [1.82, 2.24) is 15.1 Å². The molecule has 47 heavy (non-hydrogen) atoms. The van der Waals surface area contributed by atoms with Crippen molar-refractivity contribution in [3.8, 4) is 11.1 Å². The number of aliphatic carboxylic acids is 1. The van der Waals surface area contributed by atoms with Gasteiger partial charge in [0.15, 0.2) is 0 Å². The van der Waals surface area contributed by atoms with E-state index < -0.39 is 12.1 Å². The van der Waals surface area contributed by atoms with Crippen molar-refractivity contribution < 1.29 is 27.9 Å². The summed E-state index contributed by atoms with van der Waals surface area (Å²) >= 11 is 6.55. The van der Waals surface area contributed by atoms with Crippen LogP contribution in [0.25, 0.3) is 11.1 Å². The van der Waals surface area contributed by atoms with Crippen LogP contribution in [0.2, 0.25) is 5.02 Å². The smallest absolute Gasteiger partial charge is 0.475 e. The topological polar surface area (TPSA) is 129 Å². The number of anilines is 3. The van der Waals surface area contributed by atoms with Crippen LogP contribution >= 0.6 is 11.6 Å². The van der Waals surface area contributed by atoms with Crippen LogP contribution in [0.4, 0.5) is 35.0 Å². The van der Waals surface area contributed by atoms with Crippen LogP contribution in [0.3, 0.4) is 0 Å². The summed E-state index contributed by atoms with van der Waals surface area (Å²) in [5, 5.41) is 21.0. The Labute approximate surface area is 274 Å². The number of nitrogens with one attached hydrogen (secondary N) is 3. The molecule has 1 fully saturated rings. The molecule has 5 rings (SSSR count). The molecule has 0 spiro atoms. The molecule has 1 aromatic heterocycles. The van der Waals surface area contributed by atoms with E-state index in [2.05, 4.69) is 39.8 Å². The number of aromatic nitrogens is 2. The fraction of sp³-hybridized carbons (Fsp3) is 0.273. The molecule has 1 aliphatic heterocycles. The fourth-order valence-electron chi connectivity index (χ4n) is 5.13. The second-order valence-electron chi connectivity index (χ2n) is 11.1. The van der Waals surface area contributed by atoms with Crippen molar-refractivity contribution in [2.45, 2.75) is 45.6 Å². The molecule has 2 heterocycles. The van der Waals surface area contributed by atoms with Gasteiger partial charge >= 0.3 is 18.2 Å². The first-order chi connectivity index (χ1) is 22.2. The molecule has 14 heteroatoms. The lowest BCUT2D eigenvalue weighted by atomic mass is 10.1. The number of urea groups is 1. The maximum absolute atomic E-state index is 13.1. The Balaban J connectivity index is 0.000000644. The molecule has 0 aliphatic carbocycles. The van der Waals surface area contributed by atoms with Gasteiger partial charge < -0.3 is 26.0 Å². The standard InChI is InChI=1S/C31H33ClN6O2.C2HF3O2/c1-20-17-37(18-21(2)34-20)28-16-33-38(30(39)29(28)32)19-25-10-7-11-27(22(25)3)36-31(40)35-26-14-12-24(13-15-26)23-8-5-4-6-9-23;3-2(4,5)1(6)7/h4-16,20-21,34H,17-19H2,1-3H3,(H2,35,36,40);(H,6,7). The maximum Gasteiger partial charge on any atom is 0.490 e. The van der Waals surface area contributed by atoms with Gasteiger partial charge in [-0.1, -0.05) is 66.2 Å². The van der Waals surface area contributed by atoms with Crippen molar-refractivity contribution in [2.24, 2.45) is 0 Å². The van der Waals surface area contributed by atoms with E-state index in [0.29, 0.717) is 17.1 Å². The first kappa shape index (κ1) is 35.0. The minimum Gasteiger partial charge on any atom is -0.475 e. The van der Waals surface area contributed by atoms with Gasteiger partial charge in [-0.05, 0) is 61.2 Å². The van der Waals surface area contributed by atoms with Gasteiger partial charge in [0.25, 0.3) is 5.56 Å². The highest BCUT2D eigenvalue weighted by Gasteiger charge is 2.38. The number of carbonyl (C=O) groups is 2. The summed E-state index contributed by atoms with van der Waals surface area (Å²) in [7, 11) is 0. The third kappa shape index (κ3) is 9.33. The molecule has 4 aromatic rings. The first-order valence-corrected chi connectivity index (χ1v) is 15.0. The molecule has 3 aromatic carbocycles. The SMILES string of the molecule is Cc1c(Cn2ncc(N3CC(C)NC(C)C3)c(Cl)c2=O)cccc1NC(=O)Nc1ccc(-c2ccccc2)cc1.O=C(O)C(F)(F)F. The lowest BCUT2D eigenvalue weighted by Crippen LogP contribution is -2.54. The molecule has 2 amide bonds. The van der Waals surface area contributed by atoms with Crippen LogP contribution in [0.5, 0.6) is 0 Å². The Morgan fingerprint density at radius 1 is 0.957 bits per heavy atom. The normalized spacial score (nSPS) is 16.1. The van der Waals surface area contributed by atoms with Gasteiger partial charge in [-0.25, -0.2) is 14.3 Å². The number of carbonyl (C=O) groups excluding carboxylic acids is 1. The van der Waals surface area contributed by atoms with Gasteiger partial charge in [-0.2, -0.15) is 18.3 Å². The van der Waals surface area contributed by atoms with Gasteiger partial charge in [-0.3, -0.25) is 4.79 Å². The lowest BCUT2D eigenvalue weighted by Gasteiger charge is -2.37. The second-order valence-corrected chi connectivity index (χ2v) is 11.5. The summed E-state index contributed by atoms with van der Waals surface area (Å²) in [6.07, 6.45) is -3.41. The molecule has 4 N–H and O–H groups in total. The summed E-state index contributed by atoms with van der Waals surface area (Å²) < 4.78 is 33.1. The molecule has 0 saturated carbocycles. The Kier molecular flexibility index (Phi) is 11.3. The highest BCUT2D eigenvalue weighted by atomic mass is 35.5. The van der Waals surface area contributed by atoms with Crippen LogP contribution in [-0.4, -0.2) is 58.2 Å². The molecule has 1 aliphatic rings. The van der Waals surface area contributed by atoms with E-state index >= 15 is 0 Å². The second kappa shape index (κ2) is 15.1. The van der Waals surface area contributed by atoms with Crippen LogP contribution in [0.1, 0.15) is 25.0 Å². The first-order valence-electron chi connectivity index (χ1n) is 14.6. The Bertz CT molecular complexity index is 1760. The minimum atomic E-state index is -5.08. The van der Waals surface area contributed by atoms with Gasteiger partial charge in [0.1, 0.15) is 5.02 Å². The lowest BCUT2D eigenvalue weighted by molar-refractivity contribution is -0.192. The molecule has 10 nitrogen and oxygen atoms in total. The summed E-state index contributed by atoms with van der Waals surface area (Å²) in [6.45, 7) is 7.86. The highest BCUT2D eigenvalue weighted by Crippen LogP contribution is 2.25. The molecule has 2 unspecified atom stereocenters. The number of carboxylic acid groups (broad SMARTS) is 1. The molecule has 1 saturated heterocycles. The van der Waals surface area contributed by atoms with Crippen molar-refractivity contribution in [2.75, 3.05) is 28.6 Å². The van der Waals surface area contributed by atoms with E-state index in [1.807, 2.05) is 79.7 Å². The number of nitrogens with zero attached hydrogens (tertiary/aromatic N) is 3. The van der Waals surface area contributed by atoms with E-state index in [9.17, 15) is 22.8 Å². The van der Waals surface area contributed by atoms with E-state index in [-0.39, 0.29) is 35.2 Å². The highest BCUT2D eigenvalue weighted by molar-refractivity contribution is 6.33. The maximum atomic E-state index is 13.1. The number of carboxylic acids is 1. The van der Waals surface area contributed by atoms with Crippen LogP contribution in [0.15, 0.2) is 83.8 Å². The fourth-order valence-corrected chi connectivity index (χ4v) is 5.39. The summed E-state index contributed by atoms with van der Waals surface area (Å²) in [6, 6.07) is 23.6. The molecule has 248 valence electrons. The Morgan fingerprint density at radius 2 is 1.55 bits per heavy atom. The predicted octanol–water partition coefficient (Wildman–Crippen LogP) is 6.38. The van der Waals surface area contributed by atoms with Gasteiger partial charge in [0.05, 0.1) is 18.4 Å². The van der Waals surface area contributed by atoms with E-state index in [4.69, 9.17) is 21.5 Å². The van der Waals surface area contributed by atoms with Crippen molar-refractivity contribution in [3.05, 3.63) is 105 Å². The number of rotatable bonds is 6. The summed E-state index contributed by atoms with van der Waals surface area (Å²) in [5.41, 5.74) is 5.53. The van der Waals surface area contributed by atoms with E-state index in [0.717, 1.165) is 35.3 Å². The predicted molar refractivity (Wildman–Crippen MR) is 176 cm³/mol. The van der Waals surface area contributed by atoms with Gasteiger partial charge in [0, 0.05) is 36.5 Å². The number of hydrogen-bond acceptors (Lipinski definition) is 6. The zero-order valence-electron chi connectivity index (χ0n) is 25.8. The quantitative estimate of drug-likeness (QED) is 0.187. The third-order valence-corrected chi connectivity index (χ3v) is 7.73. The third-order valence-electron chi connectivity index (χ3n) is 7.37. The number of halogens is 4. The van der Waals surface area contributed by atoms with E-state index in [1.165, 1.54) is 4.68 Å². The van der Waals surface area contributed by atoms with Crippen molar-refractivity contribution >= 4 is 40.7 Å². The van der Waals surface area contributed by atoms with E-state index in [1.54, 1.807) is 6.20 Å². The summed E-state index contributed by atoms with van der Waals surface area (Å²) in [5.74, 6) is -2.76. The van der Waals surface area contributed by atoms with Gasteiger partial charge in [-0.15, -0.1) is 0 Å². The minimum absolute atomic E-state index is 0.167. The molecule has 0 radical (unpaired) electrons. The zero-order valence-corrected chi connectivity index (χ0v) is 26.6.